The Balaban J connectivity index is 3.83. The van der Waals surface area contributed by atoms with E-state index in [1.165, 1.54) is 5.54 Å². The maximum Gasteiger partial charge on any atom is 0.217 e. The van der Waals surface area contributed by atoms with Crippen LogP contribution < -0.4 is 5.32 Å². The second-order valence-electron chi connectivity index (χ2n) is 5.29. The smallest absolute Gasteiger partial charge is 0.217 e. The summed E-state index contributed by atoms with van der Waals surface area (Å²) < 4.78 is 0. The summed E-state index contributed by atoms with van der Waals surface area (Å²) in [6.07, 6.45) is 10.7. The Morgan fingerprint density at radius 2 is 1.73 bits per heavy atom. The van der Waals surface area contributed by atoms with Crippen molar-refractivity contribution in [1.82, 2.24) is 5.32 Å². The Morgan fingerprint density at radius 1 is 1.09 bits per heavy atom. The number of amides is 1. The van der Waals surface area contributed by atoms with E-state index < -0.39 is 0 Å². The van der Waals surface area contributed by atoms with Crippen molar-refractivity contribution in [2.24, 2.45) is 0 Å². The molecule has 0 saturated carbocycles. The Labute approximate surface area is 150 Å². The van der Waals surface area contributed by atoms with Gasteiger partial charge in [0.15, 0.2) is 0 Å². The van der Waals surface area contributed by atoms with Crippen LogP contribution in [0.15, 0.2) is 11.6 Å². The van der Waals surface area contributed by atoms with Crippen LogP contribution in [0.1, 0.15) is 64.7 Å². The fourth-order valence-corrected chi connectivity index (χ4v) is 2.59. The quantitative estimate of drug-likeness (QED) is 0.289. The maximum atomic E-state index is 11.2. The first-order chi connectivity index (χ1) is 10.6. The molecule has 0 spiro atoms. The molecule has 22 heavy (non-hydrogen) atoms. The number of halogens is 3. The van der Waals surface area contributed by atoms with Crippen LogP contribution >= 0.6 is 34.8 Å². The highest BCUT2D eigenvalue weighted by Gasteiger charge is 2.09. The molecule has 0 fully saturated rings. The van der Waals surface area contributed by atoms with Gasteiger partial charge in [-0.15, -0.1) is 23.2 Å². The third kappa shape index (κ3) is 16.0. The van der Waals surface area contributed by atoms with E-state index in [-0.39, 0.29) is 16.8 Å². The summed E-state index contributed by atoms with van der Waals surface area (Å²) in [5, 5.41) is 3.03. The number of hydrogen-bond donors (Lipinski definition) is 1. The number of carbonyl (C=O) groups is 1. The standard InChI is InChI=1S/C17H26Cl3NO/c1-15(22)21-16(11-7-3-2-6-10-14-18)12-8-4-5-9-13-17(19)20/h10,14,16-17H,3-5,7-9,11-13H2,1H3,(H,21,22)/b14-10+/t16-/m1/s1. The van der Waals surface area contributed by atoms with E-state index in [0.717, 1.165) is 57.8 Å². The molecule has 1 N–H and O–H groups in total. The van der Waals surface area contributed by atoms with Gasteiger partial charge in [-0.05, 0) is 31.8 Å². The zero-order valence-corrected chi connectivity index (χ0v) is 15.5. The lowest BCUT2D eigenvalue weighted by Crippen LogP contribution is -2.32. The van der Waals surface area contributed by atoms with Gasteiger partial charge in [-0.3, -0.25) is 4.79 Å². The molecule has 126 valence electrons. The van der Waals surface area contributed by atoms with E-state index in [2.05, 4.69) is 17.2 Å². The third-order valence-corrected chi connectivity index (χ3v) is 3.80. The minimum atomic E-state index is -0.248. The minimum Gasteiger partial charge on any atom is -0.354 e. The number of hydrogen-bond acceptors (Lipinski definition) is 1. The predicted octanol–water partition coefficient (Wildman–Crippen LogP) is 5.56. The number of rotatable bonds is 11. The zero-order valence-electron chi connectivity index (χ0n) is 13.2. The largest absolute Gasteiger partial charge is 0.354 e. The van der Waals surface area contributed by atoms with Gasteiger partial charge in [0.05, 0.1) is 0 Å². The van der Waals surface area contributed by atoms with E-state index >= 15 is 0 Å². The molecule has 0 aromatic carbocycles. The van der Waals surface area contributed by atoms with Crippen molar-refractivity contribution in [2.45, 2.75) is 75.6 Å². The van der Waals surface area contributed by atoms with Gasteiger partial charge in [-0.1, -0.05) is 49.1 Å². The second-order valence-corrected chi connectivity index (χ2v) is 6.82. The van der Waals surface area contributed by atoms with Gasteiger partial charge in [-0.2, -0.15) is 0 Å². The molecule has 0 aliphatic heterocycles. The van der Waals surface area contributed by atoms with Crippen molar-refractivity contribution in [3.8, 4) is 11.8 Å². The first kappa shape index (κ1) is 21.6. The molecule has 0 aliphatic carbocycles. The second kappa shape index (κ2) is 15.5. The average molecular weight is 367 g/mol. The molecule has 0 heterocycles. The van der Waals surface area contributed by atoms with Gasteiger partial charge in [-0.25, -0.2) is 0 Å². The van der Waals surface area contributed by atoms with Crippen LogP contribution in [0.2, 0.25) is 0 Å². The van der Waals surface area contributed by atoms with Crippen LogP contribution in [0, 0.1) is 11.8 Å². The molecule has 0 aliphatic rings. The van der Waals surface area contributed by atoms with Gasteiger partial charge >= 0.3 is 0 Å². The summed E-state index contributed by atoms with van der Waals surface area (Å²) in [4.78, 5) is 11.0. The summed E-state index contributed by atoms with van der Waals surface area (Å²) in [6, 6.07) is 0.247. The van der Waals surface area contributed by atoms with E-state index in [0.29, 0.717) is 0 Å². The van der Waals surface area contributed by atoms with Crippen LogP contribution in [0.4, 0.5) is 0 Å². The minimum absolute atomic E-state index is 0.0354. The van der Waals surface area contributed by atoms with Crippen molar-refractivity contribution in [3.05, 3.63) is 11.6 Å². The van der Waals surface area contributed by atoms with Crippen molar-refractivity contribution in [1.29, 1.82) is 0 Å². The topological polar surface area (TPSA) is 29.1 Å². The fourth-order valence-electron chi connectivity index (χ4n) is 2.22. The van der Waals surface area contributed by atoms with E-state index in [1.54, 1.807) is 13.0 Å². The summed E-state index contributed by atoms with van der Waals surface area (Å²) >= 11 is 16.8. The summed E-state index contributed by atoms with van der Waals surface area (Å²) in [7, 11) is 0. The molecule has 0 rings (SSSR count). The molecule has 1 amide bonds. The van der Waals surface area contributed by atoms with Crippen molar-refractivity contribution < 1.29 is 4.79 Å². The third-order valence-electron chi connectivity index (χ3n) is 3.24. The number of carbonyl (C=O) groups excluding carboxylic acids is 1. The highest BCUT2D eigenvalue weighted by molar-refractivity contribution is 6.44. The highest BCUT2D eigenvalue weighted by atomic mass is 35.5. The number of allylic oxidation sites excluding steroid dienone is 1. The van der Waals surface area contributed by atoms with Crippen molar-refractivity contribution in [2.75, 3.05) is 0 Å². The molecule has 0 radical (unpaired) electrons. The van der Waals surface area contributed by atoms with E-state index in [9.17, 15) is 4.79 Å². The molecular formula is C17H26Cl3NO. The molecule has 0 saturated heterocycles. The first-order valence-corrected chi connectivity index (χ1v) is 9.16. The Morgan fingerprint density at radius 3 is 2.32 bits per heavy atom. The van der Waals surface area contributed by atoms with E-state index in [4.69, 9.17) is 34.8 Å². The number of nitrogens with one attached hydrogen (secondary N) is 1. The Bertz CT molecular complexity index is 372. The Kier molecular flexibility index (Phi) is 15.3. The normalized spacial score (nSPS) is 12.2. The van der Waals surface area contributed by atoms with Crippen LogP contribution in [-0.2, 0) is 4.79 Å². The molecular weight excluding hydrogens is 341 g/mol. The van der Waals surface area contributed by atoms with Gasteiger partial charge < -0.3 is 5.32 Å². The average Bonchev–Trinajstić information content (AvgIpc) is 2.45. The highest BCUT2D eigenvalue weighted by Crippen LogP contribution is 2.15. The van der Waals surface area contributed by atoms with Crippen LogP contribution in [0.3, 0.4) is 0 Å². The van der Waals surface area contributed by atoms with Gasteiger partial charge in [0.25, 0.3) is 0 Å². The molecule has 0 aromatic heterocycles. The Hall–Kier alpha value is -0.360. The van der Waals surface area contributed by atoms with Crippen LogP contribution in [0.5, 0.6) is 0 Å². The predicted molar refractivity (Wildman–Crippen MR) is 97.4 cm³/mol. The lowest BCUT2D eigenvalue weighted by atomic mass is 10.0. The first-order valence-electron chi connectivity index (χ1n) is 7.85. The SMILES string of the molecule is CC(=O)N[C@H](CCCC#C/C=C/Cl)CCCCCCC(Cl)Cl. The van der Waals surface area contributed by atoms with E-state index in [1.807, 2.05) is 0 Å². The molecule has 1 atom stereocenters. The molecule has 2 nitrogen and oxygen atoms in total. The fraction of sp³-hybridized carbons (Fsp3) is 0.706. The monoisotopic (exact) mass is 365 g/mol. The summed E-state index contributed by atoms with van der Waals surface area (Å²) in [5.41, 5.74) is 1.41. The lowest BCUT2D eigenvalue weighted by Gasteiger charge is -2.17. The van der Waals surface area contributed by atoms with Crippen molar-refractivity contribution in [3.63, 3.8) is 0 Å². The molecule has 0 aromatic rings. The molecule has 5 heteroatoms. The summed E-state index contributed by atoms with van der Waals surface area (Å²) in [6.45, 7) is 1.57. The number of unbranched alkanes of at least 4 members (excludes halogenated alkanes) is 4. The number of alkyl halides is 2. The summed E-state index contributed by atoms with van der Waals surface area (Å²) in [5.74, 6) is 5.92. The van der Waals surface area contributed by atoms with Gasteiger partial charge in [0.2, 0.25) is 5.91 Å². The van der Waals surface area contributed by atoms with Crippen LogP contribution in [0.25, 0.3) is 0 Å². The van der Waals surface area contributed by atoms with Gasteiger partial charge in [0, 0.05) is 24.9 Å². The lowest BCUT2D eigenvalue weighted by molar-refractivity contribution is -0.119. The maximum absolute atomic E-state index is 11.2. The van der Waals surface area contributed by atoms with Crippen molar-refractivity contribution >= 4 is 40.7 Å². The molecule has 0 bridgehead atoms. The van der Waals surface area contributed by atoms with Crippen LogP contribution in [-0.4, -0.2) is 16.8 Å². The van der Waals surface area contributed by atoms with Gasteiger partial charge in [0.1, 0.15) is 4.84 Å². The zero-order chi connectivity index (χ0) is 16.6. The molecule has 0 unspecified atom stereocenters.